The van der Waals surface area contributed by atoms with Crippen molar-refractivity contribution in [2.45, 2.75) is 39.0 Å². The van der Waals surface area contributed by atoms with Crippen LogP contribution < -0.4 is 5.32 Å². The minimum atomic E-state index is 1.00. The number of hydrogen-bond donors (Lipinski definition) is 1. The summed E-state index contributed by atoms with van der Waals surface area (Å²) in [5, 5.41) is 3.35. The van der Waals surface area contributed by atoms with Crippen molar-refractivity contribution in [3.8, 4) is 0 Å². The van der Waals surface area contributed by atoms with E-state index in [1.165, 1.54) is 38.6 Å². The lowest BCUT2D eigenvalue weighted by molar-refractivity contribution is 0.184. The molecule has 0 aromatic heterocycles. The highest BCUT2D eigenvalue weighted by molar-refractivity contribution is 4.89. The molecule has 0 aliphatic heterocycles. The Morgan fingerprint density at radius 3 is 2.77 bits per heavy atom. The Balaban J connectivity index is 1.92. The summed E-state index contributed by atoms with van der Waals surface area (Å²) in [6.07, 6.45) is 7.52. The number of nitrogens with one attached hydrogen (secondary N) is 1. The van der Waals surface area contributed by atoms with Crippen LogP contribution >= 0.6 is 0 Å². The first-order valence-corrected chi connectivity index (χ1v) is 5.96. The third-order valence-electron chi connectivity index (χ3n) is 4.28. The quantitative estimate of drug-likeness (QED) is 0.690. The van der Waals surface area contributed by atoms with Crippen molar-refractivity contribution in [3.63, 3.8) is 0 Å². The smallest absolute Gasteiger partial charge is 0.00208 e. The van der Waals surface area contributed by atoms with Crippen molar-refractivity contribution in [1.82, 2.24) is 5.32 Å². The highest BCUT2D eigenvalue weighted by Crippen LogP contribution is 2.47. The molecular formula is C12H23N. The van der Waals surface area contributed by atoms with Gasteiger partial charge in [0.1, 0.15) is 0 Å². The molecule has 4 atom stereocenters. The van der Waals surface area contributed by atoms with Crippen LogP contribution in [0.25, 0.3) is 0 Å². The van der Waals surface area contributed by atoms with Crippen LogP contribution in [-0.2, 0) is 0 Å². The SMILES string of the molecule is CNCC1CCC2C[C@H](C)CCC12. The molecular weight excluding hydrogens is 158 g/mol. The topological polar surface area (TPSA) is 12.0 Å². The van der Waals surface area contributed by atoms with Crippen LogP contribution in [-0.4, -0.2) is 13.6 Å². The molecule has 3 unspecified atom stereocenters. The predicted molar refractivity (Wildman–Crippen MR) is 56.6 cm³/mol. The van der Waals surface area contributed by atoms with Crippen molar-refractivity contribution in [2.24, 2.45) is 23.7 Å². The molecule has 1 heteroatoms. The zero-order chi connectivity index (χ0) is 9.26. The zero-order valence-corrected chi connectivity index (χ0v) is 9.05. The van der Waals surface area contributed by atoms with E-state index in [-0.39, 0.29) is 0 Å². The molecule has 0 saturated heterocycles. The molecule has 2 fully saturated rings. The molecule has 0 aromatic rings. The van der Waals surface area contributed by atoms with Gasteiger partial charge >= 0.3 is 0 Å². The van der Waals surface area contributed by atoms with E-state index in [1.807, 2.05) is 0 Å². The van der Waals surface area contributed by atoms with Gasteiger partial charge in [-0.3, -0.25) is 0 Å². The molecule has 0 radical (unpaired) electrons. The molecule has 0 bridgehead atoms. The summed E-state index contributed by atoms with van der Waals surface area (Å²) in [5.74, 6) is 4.17. The Labute approximate surface area is 82.3 Å². The third-order valence-corrected chi connectivity index (χ3v) is 4.28. The molecule has 1 N–H and O–H groups in total. The summed E-state index contributed by atoms with van der Waals surface area (Å²) < 4.78 is 0. The maximum absolute atomic E-state index is 3.35. The Morgan fingerprint density at radius 2 is 2.00 bits per heavy atom. The molecule has 13 heavy (non-hydrogen) atoms. The van der Waals surface area contributed by atoms with Gasteiger partial charge in [0.2, 0.25) is 0 Å². The third kappa shape index (κ3) is 1.90. The Bertz CT molecular complexity index is 161. The van der Waals surface area contributed by atoms with Gasteiger partial charge < -0.3 is 5.32 Å². The minimum Gasteiger partial charge on any atom is -0.319 e. The van der Waals surface area contributed by atoms with E-state index in [0.717, 1.165) is 23.7 Å². The van der Waals surface area contributed by atoms with Gasteiger partial charge in [0, 0.05) is 0 Å². The fourth-order valence-electron chi connectivity index (χ4n) is 3.63. The lowest BCUT2D eigenvalue weighted by Gasteiger charge is -2.32. The molecule has 0 heterocycles. The van der Waals surface area contributed by atoms with Gasteiger partial charge in [-0.15, -0.1) is 0 Å². The normalized spacial score (nSPS) is 44.8. The summed E-state index contributed by atoms with van der Waals surface area (Å²) in [6.45, 7) is 3.69. The minimum absolute atomic E-state index is 1.00. The zero-order valence-electron chi connectivity index (χ0n) is 9.05. The predicted octanol–water partition coefficient (Wildman–Crippen LogP) is 2.67. The maximum Gasteiger partial charge on any atom is -0.00208 e. The van der Waals surface area contributed by atoms with Crippen molar-refractivity contribution in [2.75, 3.05) is 13.6 Å². The maximum atomic E-state index is 3.35. The Morgan fingerprint density at radius 1 is 1.15 bits per heavy atom. The van der Waals surface area contributed by atoms with Gasteiger partial charge in [-0.1, -0.05) is 13.3 Å². The van der Waals surface area contributed by atoms with Gasteiger partial charge in [0.15, 0.2) is 0 Å². The van der Waals surface area contributed by atoms with Crippen LogP contribution in [0.15, 0.2) is 0 Å². The average molecular weight is 181 g/mol. The standard InChI is InChI=1S/C12H23N/c1-9-3-6-12-10(7-9)4-5-11(12)8-13-2/h9-13H,3-8H2,1-2H3/t9-,10?,11?,12?/m1/s1. The first-order chi connectivity index (χ1) is 6.31. The van der Waals surface area contributed by atoms with Crippen LogP contribution in [0.3, 0.4) is 0 Å². The lowest BCUT2D eigenvalue weighted by Crippen LogP contribution is -2.28. The molecule has 2 rings (SSSR count). The van der Waals surface area contributed by atoms with Gasteiger partial charge in [0.25, 0.3) is 0 Å². The summed E-state index contributed by atoms with van der Waals surface area (Å²) >= 11 is 0. The second-order valence-electron chi connectivity index (χ2n) is 5.24. The van der Waals surface area contributed by atoms with Gasteiger partial charge in [-0.05, 0) is 62.9 Å². The largest absolute Gasteiger partial charge is 0.319 e. The highest BCUT2D eigenvalue weighted by Gasteiger charge is 2.38. The van der Waals surface area contributed by atoms with Crippen LogP contribution in [0.5, 0.6) is 0 Å². The van der Waals surface area contributed by atoms with Gasteiger partial charge in [0.05, 0.1) is 0 Å². The highest BCUT2D eigenvalue weighted by atomic mass is 14.8. The first kappa shape index (κ1) is 9.51. The fourth-order valence-corrected chi connectivity index (χ4v) is 3.63. The molecule has 0 spiro atoms. The fraction of sp³-hybridized carbons (Fsp3) is 1.00. The summed E-state index contributed by atoms with van der Waals surface area (Å²) in [5.41, 5.74) is 0. The summed E-state index contributed by atoms with van der Waals surface area (Å²) in [6, 6.07) is 0. The number of fused-ring (bicyclic) bond motifs is 1. The van der Waals surface area contributed by atoms with Crippen LogP contribution in [0.2, 0.25) is 0 Å². The van der Waals surface area contributed by atoms with Crippen molar-refractivity contribution >= 4 is 0 Å². The molecule has 2 aliphatic carbocycles. The van der Waals surface area contributed by atoms with Crippen molar-refractivity contribution < 1.29 is 0 Å². The van der Waals surface area contributed by atoms with E-state index in [9.17, 15) is 0 Å². The first-order valence-electron chi connectivity index (χ1n) is 5.96. The molecule has 2 saturated carbocycles. The Hall–Kier alpha value is -0.0400. The molecule has 76 valence electrons. The molecule has 2 aliphatic rings. The Kier molecular flexibility index (Phi) is 2.92. The van der Waals surface area contributed by atoms with Crippen LogP contribution in [0.1, 0.15) is 39.0 Å². The second-order valence-corrected chi connectivity index (χ2v) is 5.24. The molecule has 0 aromatic carbocycles. The van der Waals surface area contributed by atoms with Gasteiger partial charge in [-0.2, -0.15) is 0 Å². The van der Waals surface area contributed by atoms with Crippen LogP contribution in [0.4, 0.5) is 0 Å². The monoisotopic (exact) mass is 181 g/mol. The van der Waals surface area contributed by atoms with Gasteiger partial charge in [-0.25, -0.2) is 0 Å². The molecule has 0 amide bonds. The number of hydrogen-bond acceptors (Lipinski definition) is 1. The average Bonchev–Trinajstić information content (AvgIpc) is 2.49. The van der Waals surface area contributed by atoms with E-state index in [2.05, 4.69) is 19.3 Å². The summed E-state index contributed by atoms with van der Waals surface area (Å²) in [4.78, 5) is 0. The van der Waals surface area contributed by atoms with E-state index in [1.54, 1.807) is 0 Å². The van der Waals surface area contributed by atoms with E-state index in [4.69, 9.17) is 0 Å². The molecule has 1 nitrogen and oxygen atoms in total. The lowest BCUT2D eigenvalue weighted by atomic mass is 9.74. The van der Waals surface area contributed by atoms with E-state index < -0.39 is 0 Å². The van der Waals surface area contributed by atoms with E-state index in [0.29, 0.717) is 0 Å². The summed E-state index contributed by atoms with van der Waals surface area (Å²) in [7, 11) is 2.10. The second kappa shape index (κ2) is 4.00. The van der Waals surface area contributed by atoms with Crippen molar-refractivity contribution in [1.29, 1.82) is 0 Å². The van der Waals surface area contributed by atoms with Crippen molar-refractivity contribution in [3.05, 3.63) is 0 Å². The van der Waals surface area contributed by atoms with E-state index >= 15 is 0 Å². The van der Waals surface area contributed by atoms with Crippen LogP contribution in [0, 0.1) is 23.7 Å². The number of rotatable bonds is 2.